The van der Waals surface area contributed by atoms with Crippen molar-refractivity contribution in [3.63, 3.8) is 0 Å². The van der Waals surface area contributed by atoms with Gasteiger partial charge in [0, 0.05) is 12.5 Å². The number of phenols is 1. The van der Waals surface area contributed by atoms with E-state index < -0.39 is 0 Å². The highest BCUT2D eigenvalue weighted by molar-refractivity contribution is 7.15. The third-order valence-electron chi connectivity index (χ3n) is 2.90. The molecule has 0 radical (unpaired) electrons. The van der Waals surface area contributed by atoms with E-state index in [0.29, 0.717) is 11.7 Å². The first-order valence-corrected chi connectivity index (χ1v) is 7.71. The van der Waals surface area contributed by atoms with Crippen molar-refractivity contribution in [3.05, 3.63) is 34.8 Å². The predicted molar refractivity (Wildman–Crippen MR) is 83.3 cm³/mol. The Kier molecular flexibility index (Phi) is 4.95. The highest BCUT2D eigenvalue weighted by Crippen LogP contribution is 2.20. The molecule has 0 saturated heterocycles. The van der Waals surface area contributed by atoms with Crippen LogP contribution in [0.4, 0.5) is 5.13 Å². The van der Waals surface area contributed by atoms with Crippen LogP contribution in [0.15, 0.2) is 24.3 Å². The molecule has 0 bridgehead atoms. The first-order chi connectivity index (χ1) is 9.52. The van der Waals surface area contributed by atoms with Gasteiger partial charge in [-0.3, -0.25) is 0 Å². The zero-order valence-corrected chi connectivity index (χ0v) is 12.9. The van der Waals surface area contributed by atoms with Gasteiger partial charge in [-0.2, -0.15) is 0 Å². The van der Waals surface area contributed by atoms with Crippen molar-refractivity contribution in [2.75, 3.05) is 5.32 Å². The molecule has 1 atom stereocenters. The Hall–Kier alpha value is -1.62. The molecule has 0 saturated carbocycles. The standard InChI is InChI=1S/C15H21N3OS/c1-10(2)8-14-17-18-15(20-14)16-11(3)9-12-4-6-13(19)7-5-12/h4-7,10-11,19H,8-9H2,1-3H3,(H,16,18). The van der Waals surface area contributed by atoms with E-state index in [1.54, 1.807) is 23.5 Å². The average molecular weight is 291 g/mol. The fourth-order valence-electron chi connectivity index (χ4n) is 1.99. The fourth-order valence-corrected chi connectivity index (χ4v) is 3.05. The molecule has 2 N–H and O–H groups in total. The lowest BCUT2D eigenvalue weighted by Gasteiger charge is -2.12. The van der Waals surface area contributed by atoms with Crippen LogP contribution in [0.2, 0.25) is 0 Å². The topological polar surface area (TPSA) is 58.0 Å². The molecular weight excluding hydrogens is 270 g/mol. The lowest BCUT2D eigenvalue weighted by atomic mass is 10.1. The van der Waals surface area contributed by atoms with Crippen molar-refractivity contribution in [1.82, 2.24) is 10.2 Å². The number of anilines is 1. The Morgan fingerprint density at radius 1 is 1.10 bits per heavy atom. The van der Waals surface area contributed by atoms with Crippen LogP contribution >= 0.6 is 11.3 Å². The summed E-state index contributed by atoms with van der Waals surface area (Å²) < 4.78 is 0. The van der Waals surface area contributed by atoms with Crippen molar-refractivity contribution in [2.24, 2.45) is 5.92 Å². The second-order valence-electron chi connectivity index (χ2n) is 5.51. The summed E-state index contributed by atoms with van der Waals surface area (Å²) in [6, 6.07) is 7.59. The molecule has 0 aliphatic rings. The number of benzene rings is 1. The molecule has 1 aromatic carbocycles. The summed E-state index contributed by atoms with van der Waals surface area (Å²) in [7, 11) is 0. The Morgan fingerprint density at radius 3 is 2.45 bits per heavy atom. The van der Waals surface area contributed by atoms with E-state index in [-0.39, 0.29) is 6.04 Å². The number of hydrogen-bond acceptors (Lipinski definition) is 5. The van der Waals surface area contributed by atoms with Crippen LogP contribution in [0.1, 0.15) is 31.3 Å². The summed E-state index contributed by atoms with van der Waals surface area (Å²) in [6.45, 7) is 6.49. The molecule has 0 fully saturated rings. The van der Waals surface area contributed by atoms with Gasteiger partial charge in [0.2, 0.25) is 5.13 Å². The lowest BCUT2D eigenvalue weighted by molar-refractivity contribution is 0.475. The number of phenolic OH excluding ortho intramolecular Hbond substituents is 1. The molecule has 2 aromatic rings. The second-order valence-corrected chi connectivity index (χ2v) is 6.58. The van der Waals surface area contributed by atoms with Crippen molar-refractivity contribution >= 4 is 16.5 Å². The molecule has 0 aliphatic heterocycles. The van der Waals surface area contributed by atoms with Gasteiger partial charge in [0.05, 0.1) is 0 Å². The second kappa shape index (κ2) is 6.70. The largest absolute Gasteiger partial charge is 0.508 e. The van der Waals surface area contributed by atoms with Crippen LogP contribution in [0.25, 0.3) is 0 Å². The van der Waals surface area contributed by atoms with Crippen LogP contribution in [0, 0.1) is 5.92 Å². The molecule has 1 aromatic heterocycles. The highest BCUT2D eigenvalue weighted by Gasteiger charge is 2.09. The number of aromatic hydroxyl groups is 1. The Balaban J connectivity index is 1.89. The maximum absolute atomic E-state index is 9.27. The molecule has 108 valence electrons. The van der Waals surface area contributed by atoms with Crippen molar-refractivity contribution < 1.29 is 5.11 Å². The fraction of sp³-hybridized carbons (Fsp3) is 0.467. The molecule has 5 heteroatoms. The molecule has 2 rings (SSSR count). The van der Waals surface area contributed by atoms with Gasteiger partial charge in [-0.15, -0.1) is 10.2 Å². The van der Waals surface area contributed by atoms with E-state index in [9.17, 15) is 5.11 Å². The summed E-state index contributed by atoms with van der Waals surface area (Å²) in [5.74, 6) is 0.905. The minimum atomic E-state index is 0.277. The minimum Gasteiger partial charge on any atom is -0.508 e. The van der Waals surface area contributed by atoms with Crippen molar-refractivity contribution in [3.8, 4) is 5.75 Å². The van der Waals surface area contributed by atoms with E-state index in [2.05, 4.69) is 36.3 Å². The zero-order chi connectivity index (χ0) is 14.5. The van der Waals surface area contributed by atoms with Gasteiger partial charge < -0.3 is 10.4 Å². The molecule has 4 nitrogen and oxygen atoms in total. The van der Waals surface area contributed by atoms with Gasteiger partial charge in [-0.25, -0.2) is 0 Å². The molecule has 0 spiro atoms. The first-order valence-electron chi connectivity index (χ1n) is 6.89. The SMILES string of the molecule is CC(C)Cc1nnc(NC(C)Cc2ccc(O)cc2)s1. The Labute approximate surface area is 123 Å². The van der Waals surface area contributed by atoms with Gasteiger partial charge in [0.1, 0.15) is 10.8 Å². The smallest absolute Gasteiger partial charge is 0.205 e. The average Bonchev–Trinajstić information content (AvgIpc) is 2.78. The Bertz CT molecular complexity index is 536. The van der Waals surface area contributed by atoms with Gasteiger partial charge in [0.15, 0.2) is 0 Å². The van der Waals surface area contributed by atoms with Gasteiger partial charge in [-0.05, 0) is 37.0 Å². The monoisotopic (exact) mass is 291 g/mol. The van der Waals surface area contributed by atoms with Gasteiger partial charge in [0.25, 0.3) is 0 Å². The highest BCUT2D eigenvalue weighted by atomic mass is 32.1. The maximum atomic E-state index is 9.27. The number of nitrogens with one attached hydrogen (secondary N) is 1. The summed E-state index contributed by atoms with van der Waals surface area (Å²) in [4.78, 5) is 0. The van der Waals surface area contributed by atoms with Crippen LogP contribution < -0.4 is 5.32 Å². The predicted octanol–water partition coefficient (Wildman–Crippen LogP) is 3.49. The molecule has 1 heterocycles. The van der Waals surface area contributed by atoms with Crippen LogP contribution in [0.3, 0.4) is 0 Å². The van der Waals surface area contributed by atoms with Crippen LogP contribution in [-0.4, -0.2) is 21.3 Å². The summed E-state index contributed by atoms with van der Waals surface area (Å²) in [5.41, 5.74) is 1.19. The summed E-state index contributed by atoms with van der Waals surface area (Å²) in [5, 5.41) is 23.0. The van der Waals surface area contributed by atoms with Crippen LogP contribution in [-0.2, 0) is 12.8 Å². The number of nitrogens with zero attached hydrogens (tertiary/aromatic N) is 2. The molecule has 20 heavy (non-hydrogen) atoms. The minimum absolute atomic E-state index is 0.277. The summed E-state index contributed by atoms with van der Waals surface area (Å²) >= 11 is 1.63. The van der Waals surface area contributed by atoms with Crippen molar-refractivity contribution in [1.29, 1.82) is 0 Å². The zero-order valence-electron chi connectivity index (χ0n) is 12.1. The first kappa shape index (κ1) is 14.8. The number of rotatable bonds is 6. The third-order valence-corrected chi connectivity index (χ3v) is 3.77. The molecule has 1 unspecified atom stereocenters. The van der Waals surface area contributed by atoms with E-state index in [1.165, 1.54) is 5.56 Å². The quantitative estimate of drug-likeness (QED) is 0.855. The molecule has 0 aliphatic carbocycles. The van der Waals surface area contributed by atoms with E-state index in [4.69, 9.17) is 0 Å². The summed E-state index contributed by atoms with van der Waals surface area (Å²) in [6.07, 6.45) is 1.87. The molecular formula is C15H21N3OS. The van der Waals surface area contributed by atoms with Crippen molar-refractivity contribution in [2.45, 2.75) is 39.7 Å². The molecule has 0 amide bonds. The number of aromatic nitrogens is 2. The number of hydrogen-bond donors (Lipinski definition) is 2. The Morgan fingerprint density at radius 2 is 1.80 bits per heavy atom. The van der Waals surface area contributed by atoms with Crippen LogP contribution in [0.5, 0.6) is 5.75 Å². The normalized spacial score (nSPS) is 12.6. The van der Waals surface area contributed by atoms with Gasteiger partial charge >= 0.3 is 0 Å². The van der Waals surface area contributed by atoms with Gasteiger partial charge in [-0.1, -0.05) is 37.3 Å². The maximum Gasteiger partial charge on any atom is 0.205 e. The van der Waals surface area contributed by atoms with E-state index in [0.717, 1.165) is 23.0 Å². The van der Waals surface area contributed by atoms with E-state index >= 15 is 0 Å². The lowest BCUT2D eigenvalue weighted by Crippen LogP contribution is -2.17. The van der Waals surface area contributed by atoms with E-state index in [1.807, 2.05) is 12.1 Å². The third kappa shape index (κ3) is 4.49.